The van der Waals surface area contributed by atoms with Crippen LogP contribution in [0.3, 0.4) is 0 Å². The molecular weight excluding hydrogens is 610 g/mol. The second kappa shape index (κ2) is 8.18. The highest BCUT2D eigenvalue weighted by Crippen LogP contribution is 2.47. The lowest BCUT2D eigenvalue weighted by molar-refractivity contribution is 0.0934. The second-order valence-corrected chi connectivity index (χ2v) is 12.1. The summed E-state index contributed by atoms with van der Waals surface area (Å²) in [6.45, 7) is 7.04. The molecule has 2 aromatic rings. The summed E-state index contributed by atoms with van der Waals surface area (Å²) >= 11 is 6.37. The molecule has 2 heterocycles. The van der Waals surface area contributed by atoms with Gasteiger partial charge in [-0.05, 0) is 93.5 Å². The third-order valence-electron chi connectivity index (χ3n) is 6.61. The standard InChI is InChI=1S/C22H26I2N2O2S/c1-5-22(2,3)11-6-7-13-16(8-11)29-21-17(13)20(27)25-19(26-21)14-9-12(23)10-15(24)18(14)28-4/h9-11,19,26H,5-8H2,1-4H3,(H,25,27)/t11-,19-/m0/s1. The molecule has 156 valence electrons. The minimum atomic E-state index is -0.281. The van der Waals surface area contributed by atoms with E-state index in [1.54, 1.807) is 18.4 Å². The molecule has 0 saturated heterocycles. The van der Waals surface area contributed by atoms with Gasteiger partial charge in [-0.15, -0.1) is 11.3 Å². The van der Waals surface area contributed by atoms with Crippen molar-refractivity contribution in [2.24, 2.45) is 11.3 Å². The van der Waals surface area contributed by atoms with Crippen LogP contribution in [-0.2, 0) is 12.8 Å². The van der Waals surface area contributed by atoms with Crippen LogP contribution in [0.25, 0.3) is 0 Å². The number of rotatable bonds is 4. The zero-order valence-corrected chi connectivity index (χ0v) is 22.2. The molecule has 1 amide bonds. The molecule has 1 aliphatic heterocycles. The van der Waals surface area contributed by atoms with Crippen molar-refractivity contribution in [1.29, 1.82) is 0 Å². The minimum Gasteiger partial charge on any atom is -0.495 e. The van der Waals surface area contributed by atoms with Gasteiger partial charge in [-0.2, -0.15) is 0 Å². The smallest absolute Gasteiger partial charge is 0.256 e. The number of halogens is 2. The fourth-order valence-electron chi connectivity index (χ4n) is 4.42. The van der Waals surface area contributed by atoms with E-state index < -0.39 is 0 Å². The normalized spacial score (nSPS) is 21.1. The van der Waals surface area contributed by atoms with Gasteiger partial charge in [0.05, 0.1) is 16.2 Å². The molecular formula is C22H26I2N2O2S. The molecule has 0 unspecified atom stereocenters. The summed E-state index contributed by atoms with van der Waals surface area (Å²) in [5, 5.41) is 7.78. The van der Waals surface area contributed by atoms with Gasteiger partial charge in [-0.3, -0.25) is 4.79 Å². The number of ether oxygens (including phenoxy) is 1. The number of carbonyl (C=O) groups is 1. The van der Waals surface area contributed by atoms with Gasteiger partial charge in [-0.1, -0.05) is 27.2 Å². The van der Waals surface area contributed by atoms with Crippen LogP contribution in [0.5, 0.6) is 5.75 Å². The van der Waals surface area contributed by atoms with Gasteiger partial charge in [-0.25, -0.2) is 0 Å². The van der Waals surface area contributed by atoms with Gasteiger partial charge in [0.1, 0.15) is 16.9 Å². The van der Waals surface area contributed by atoms with Crippen molar-refractivity contribution in [3.8, 4) is 5.75 Å². The number of hydrogen-bond donors (Lipinski definition) is 2. The first kappa shape index (κ1) is 21.7. The number of benzene rings is 1. The maximum absolute atomic E-state index is 13.1. The number of nitrogens with one attached hydrogen (secondary N) is 2. The van der Waals surface area contributed by atoms with E-state index >= 15 is 0 Å². The highest BCUT2D eigenvalue weighted by Gasteiger charge is 2.38. The lowest BCUT2D eigenvalue weighted by atomic mass is 9.69. The second-order valence-electron chi connectivity index (χ2n) is 8.55. The molecule has 2 atom stereocenters. The quantitative estimate of drug-likeness (QED) is 0.385. The SMILES string of the molecule is CCC(C)(C)[C@H]1CCc2c(sc3c2C(=O)N[C@H](c2cc(I)cc(I)c2OC)N3)C1. The van der Waals surface area contributed by atoms with E-state index in [2.05, 4.69) is 88.7 Å². The number of amides is 1. The molecule has 2 aliphatic rings. The molecule has 0 fully saturated rings. The highest BCUT2D eigenvalue weighted by molar-refractivity contribution is 14.1. The van der Waals surface area contributed by atoms with Crippen LogP contribution >= 0.6 is 56.5 Å². The van der Waals surface area contributed by atoms with Crippen molar-refractivity contribution >= 4 is 67.4 Å². The number of thiophene rings is 1. The highest BCUT2D eigenvalue weighted by atomic mass is 127. The van der Waals surface area contributed by atoms with Crippen molar-refractivity contribution in [3.05, 3.63) is 40.8 Å². The summed E-state index contributed by atoms with van der Waals surface area (Å²) < 4.78 is 7.82. The number of hydrogen-bond acceptors (Lipinski definition) is 4. The Morgan fingerprint density at radius 2 is 2.03 bits per heavy atom. The predicted molar refractivity (Wildman–Crippen MR) is 136 cm³/mol. The molecule has 2 N–H and O–H groups in total. The molecule has 0 bridgehead atoms. The topological polar surface area (TPSA) is 50.4 Å². The minimum absolute atomic E-state index is 0.0328. The molecule has 4 nitrogen and oxygen atoms in total. The summed E-state index contributed by atoms with van der Waals surface area (Å²) in [6, 6.07) is 4.16. The first-order valence-corrected chi connectivity index (χ1v) is 13.0. The van der Waals surface area contributed by atoms with Crippen molar-refractivity contribution in [2.45, 2.75) is 52.6 Å². The van der Waals surface area contributed by atoms with E-state index in [9.17, 15) is 4.79 Å². The molecule has 0 radical (unpaired) electrons. The average molecular weight is 636 g/mol. The fraction of sp³-hybridized carbons (Fsp3) is 0.500. The zero-order valence-electron chi connectivity index (χ0n) is 17.1. The van der Waals surface area contributed by atoms with Crippen LogP contribution in [-0.4, -0.2) is 13.0 Å². The Labute approximate surface area is 203 Å². The van der Waals surface area contributed by atoms with E-state index in [0.29, 0.717) is 11.3 Å². The van der Waals surface area contributed by atoms with E-state index in [-0.39, 0.29) is 12.1 Å². The van der Waals surface area contributed by atoms with Gasteiger partial charge in [0, 0.05) is 14.0 Å². The molecule has 0 saturated carbocycles. The van der Waals surface area contributed by atoms with Crippen LogP contribution in [0, 0.1) is 18.5 Å². The van der Waals surface area contributed by atoms with Crippen LogP contribution in [0.2, 0.25) is 0 Å². The number of anilines is 1. The molecule has 1 aromatic carbocycles. The molecule has 4 rings (SSSR count). The summed E-state index contributed by atoms with van der Waals surface area (Å²) in [4.78, 5) is 14.5. The zero-order chi connectivity index (χ0) is 20.9. The maximum atomic E-state index is 13.1. The number of fused-ring (bicyclic) bond motifs is 3. The Bertz CT molecular complexity index is 970. The molecule has 7 heteroatoms. The third kappa shape index (κ3) is 3.91. The lowest BCUT2D eigenvalue weighted by Gasteiger charge is -2.36. The van der Waals surface area contributed by atoms with Crippen molar-refractivity contribution in [3.63, 3.8) is 0 Å². The summed E-state index contributed by atoms with van der Waals surface area (Å²) in [5.41, 5.74) is 3.44. The molecule has 1 aromatic heterocycles. The van der Waals surface area contributed by atoms with E-state index in [4.69, 9.17) is 4.74 Å². The Hall–Kier alpha value is -0.550. The third-order valence-corrected chi connectivity index (χ3v) is 9.22. The Morgan fingerprint density at radius 1 is 1.28 bits per heavy atom. The van der Waals surface area contributed by atoms with Gasteiger partial charge in [0.25, 0.3) is 5.91 Å². The summed E-state index contributed by atoms with van der Waals surface area (Å²) in [5.74, 6) is 1.53. The average Bonchev–Trinajstić information content (AvgIpc) is 3.05. The maximum Gasteiger partial charge on any atom is 0.256 e. The number of methoxy groups -OCH3 is 1. The van der Waals surface area contributed by atoms with Gasteiger partial charge in [0.2, 0.25) is 0 Å². The largest absolute Gasteiger partial charge is 0.495 e. The van der Waals surface area contributed by atoms with E-state index in [1.807, 2.05) is 0 Å². The van der Waals surface area contributed by atoms with Gasteiger partial charge >= 0.3 is 0 Å². The van der Waals surface area contributed by atoms with Crippen LogP contribution < -0.4 is 15.4 Å². The Morgan fingerprint density at radius 3 is 2.72 bits per heavy atom. The van der Waals surface area contributed by atoms with Crippen LogP contribution in [0.1, 0.15) is 66.1 Å². The lowest BCUT2D eigenvalue weighted by Crippen LogP contribution is -2.38. The summed E-state index contributed by atoms with van der Waals surface area (Å²) in [6.07, 6.45) is 4.15. The van der Waals surface area contributed by atoms with Crippen LogP contribution in [0.15, 0.2) is 12.1 Å². The predicted octanol–water partition coefficient (Wildman–Crippen LogP) is 6.36. The van der Waals surface area contributed by atoms with E-state index in [0.717, 1.165) is 48.3 Å². The van der Waals surface area contributed by atoms with Gasteiger partial charge in [0.15, 0.2) is 0 Å². The van der Waals surface area contributed by atoms with Crippen molar-refractivity contribution < 1.29 is 9.53 Å². The van der Waals surface area contributed by atoms with Crippen molar-refractivity contribution in [2.75, 3.05) is 12.4 Å². The molecule has 1 aliphatic carbocycles. The first-order chi connectivity index (χ1) is 13.7. The molecule has 29 heavy (non-hydrogen) atoms. The Kier molecular flexibility index (Phi) is 6.11. The van der Waals surface area contributed by atoms with Crippen molar-refractivity contribution in [1.82, 2.24) is 5.32 Å². The van der Waals surface area contributed by atoms with E-state index in [1.165, 1.54) is 16.9 Å². The first-order valence-electron chi connectivity index (χ1n) is 10.00. The van der Waals surface area contributed by atoms with Crippen LogP contribution in [0.4, 0.5) is 5.00 Å². The monoisotopic (exact) mass is 636 g/mol. The molecule has 0 spiro atoms. The number of carbonyl (C=O) groups excluding carboxylic acids is 1. The fourth-order valence-corrected chi connectivity index (χ4v) is 7.88. The summed E-state index contributed by atoms with van der Waals surface area (Å²) in [7, 11) is 1.68. The Balaban J connectivity index is 1.68. The van der Waals surface area contributed by atoms with Gasteiger partial charge < -0.3 is 15.4 Å².